The summed E-state index contributed by atoms with van der Waals surface area (Å²) in [5.41, 5.74) is 1.55. The summed E-state index contributed by atoms with van der Waals surface area (Å²) in [4.78, 5) is 18.0. The first-order valence-electron chi connectivity index (χ1n) is 11.1. The molecule has 0 amide bonds. The summed E-state index contributed by atoms with van der Waals surface area (Å²) < 4.78 is 26.2. The van der Waals surface area contributed by atoms with Gasteiger partial charge < -0.3 is 20.4 Å². The van der Waals surface area contributed by atoms with Crippen LogP contribution < -0.4 is 15.4 Å². The summed E-state index contributed by atoms with van der Waals surface area (Å²) in [6.45, 7) is 3.12. The van der Waals surface area contributed by atoms with Gasteiger partial charge in [0.05, 0.1) is 11.9 Å². The van der Waals surface area contributed by atoms with Gasteiger partial charge in [0, 0.05) is 38.0 Å². The zero-order valence-electron chi connectivity index (χ0n) is 20.5. The number of fused-ring (bicyclic) bond motifs is 1. The van der Waals surface area contributed by atoms with E-state index in [1.807, 2.05) is 58.5 Å². The summed E-state index contributed by atoms with van der Waals surface area (Å²) in [5, 5.41) is 8.34. The van der Waals surface area contributed by atoms with Crippen LogP contribution in [0.3, 0.4) is 0 Å². The first-order valence-corrected chi connectivity index (χ1v) is 13.0. The lowest BCUT2D eigenvalue weighted by molar-refractivity contribution is 0.424. The number of rotatable bonds is 12. The third kappa shape index (κ3) is 7.79. The van der Waals surface area contributed by atoms with Gasteiger partial charge in [-0.15, -0.1) is 0 Å². The number of anilines is 3. The SMILES string of the molecule is CN(C)CCNc1nc(Cc2cccc3c(NS(C)(=O)=O)cccc23)nc(NCCN(C)C)n1. The fourth-order valence-corrected chi connectivity index (χ4v) is 4.01. The molecule has 0 fully saturated rings. The van der Waals surface area contributed by atoms with E-state index in [0.29, 0.717) is 42.9 Å². The minimum Gasteiger partial charge on any atom is -0.353 e. The van der Waals surface area contributed by atoms with Crippen LogP contribution in [0.25, 0.3) is 10.8 Å². The third-order valence-electron chi connectivity index (χ3n) is 5.02. The Morgan fingerprint density at radius 3 is 1.91 bits per heavy atom. The summed E-state index contributed by atoms with van der Waals surface area (Å²) >= 11 is 0. The number of hydrogen-bond donors (Lipinski definition) is 3. The lowest BCUT2D eigenvalue weighted by atomic mass is 10.0. The number of nitrogens with zero attached hydrogens (tertiary/aromatic N) is 5. The van der Waals surface area contributed by atoms with Crippen LogP contribution in [0.4, 0.5) is 17.6 Å². The second-order valence-corrected chi connectivity index (χ2v) is 10.5. The van der Waals surface area contributed by atoms with Gasteiger partial charge in [-0.2, -0.15) is 15.0 Å². The maximum atomic E-state index is 11.8. The van der Waals surface area contributed by atoms with E-state index in [-0.39, 0.29) is 0 Å². The molecular weight excluding hydrogens is 452 g/mol. The Bertz CT molecular complexity index is 1180. The van der Waals surface area contributed by atoms with E-state index in [4.69, 9.17) is 0 Å². The lowest BCUT2D eigenvalue weighted by Crippen LogP contribution is -2.23. The van der Waals surface area contributed by atoms with Crippen LogP contribution in [-0.2, 0) is 16.4 Å². The largest absolute Gasteiger partial charge is 0.353 e. The van der Waals surface area contributed by atoms with Crippen LogP contribution in [0.2, 0.25) is 0 Å². The third-order valence-corrected chi connectivity index (χ3v) is 5.61. The van der Waals surface area contributed by atoms with Gasteiger partial charge in [-0.25, -0.2) is 8.42 Å². The minimum atomic E-state index is -3.39. The van der Waals surface area contributed by atoms with Crippen LogP contribution in [0.5, 0.6) is 0 Å². The first kappa shape index (κ1) is 25.6. The number of benzene rings is 2. The minimum absolute atomic E-state index is 0.479. The number of aromatic nitrogens is 3. The van der Waals surface area contributed by atoms with Crippen molar-refractivity contribution in [1.82, 2.24) is 24.8 Å². The number of likely N-dealkylation sites (N-methyl/N-ethyl adjacent to an activating group) is 2. The number of hydrogen-bond acceptors (Lipinski definition) is 9. The van der Waals surface area contributed by atoms with Crippen molar-refractivity contribution in [3.8, 4) is 0 Å². The molecule has 3 N–H and O–H groups in total. The Labute approximate surface area is 201 Å². The molecule has 0 atom stereocenters. The van der Waals surface area contributed by atoms with Crippen LogP contribution in [0.1, 0.15) is 11.4 Å². The van der Waals surface area contributed by atoms with Crippen molar-refractivity contribution in [3.63, 3.8) is 0 Å². The molecule has 0 radical (unpaired) electrons. The van der Waals surface area contributed by atoms with E-state index in [2.05, 4.69) is 40.1 Å². The molecule has 0 aliphatic carbocycles. The summed E-state index contributed by atoms with van der Waals surface area (Å²) in [6.07, 6.45) is 1.63. The quantitative estimate of drug-likeness (QED) is 0.353. The number of sulfonamides is 1. The van der Waals surface area contributed by atoms with E-state index in [1.165, 1.54) is 0 Å². The highest BCUT2D eigenvalue weighted by Gasteiger charge is 2.12. The second-order valence-electron chi connectivity index (χ2n) is 8.73. The van der Waals surface area contributed by atoms with Crippen molar-refractivity contribution in [1.29, 1.82) is 0 Å². The van der Waals surface area contributed by atoms with E-state index < -0.39 is 10.0 Å². The zero-order chi connectivity index (χ0) is 24.7. The topological polar surface area (TPSA) is 115 Å². The molecule has 0 aliphatic rings. The summed E-state index contributed by atoms with van der Waals surface area (Å²) in [5.74, 6) is 1.68. The molecule has 0 spiro atoms. The van der Waals surface area contributed by atoms with Gasteiger partial charge in [-0.05, 0) is 45.2 Å². The smallest absolute Gasteiger partial charge is 0.229 e. The molecule has 0 unspecified atom stereocenters. The second kappa shape index (κ2) is 11.4. The van der Waals surface area contributed by atoms with Gasteiger partial charge in [0.2, 0.25) is 21.9 Å². The molecule has 0 bridgehead atoms. The molecule has 1 aromatic heterocycles. The maximum Gasteiger partial charge on any atom is 0.229 e. The fraction of sp³-hybridized carbons (Fsp3) is 0.435. The predicted molar refractivity (Wildman–Crippen MR) is 139 cm³/mol. The van der Waals surface area contributed by atoms with E-state index in [0.717, 1.165) is 35.7 Å². The van der Waals surface area contributed by atoms with Crippen molar-refractivity contribution in [2.45, 2.75) is 6.42 Å². The van der Waals surface area contributed by atoms with Crippen molar-refractivity contribution >= 4 is 38.4 Å². The molecule has 0 aliphatic heterocycles. The Kier molecular flexibility index (Phi) is 8.59. The van der Waals surface area contributed by atoms with Crippen LogP contribution in [0, 0.1) is 0 Å². The van der Waals surface area contributed by atoms with Crippen LogP contribution in [-0.4, -0.2) is 93.8 Å². The molecule has 3 rings (SSSR count). The summed E-state index contributed by atoms with van der Waals surface area (Å²) in [7, 11) is 4.68. The van der Waals surface area contributed by atoms with Gasteiger partial charge in [-0.1, -0.05) is 30.3 Å². The average Bonchev–Trinajstić information content (AvgIpc) is 2.73. The Morgan fingerprint density at radius 1 is 0.794 bits per heavy atom. The van der Waals surface area contributed by atoms with Crippen LogP contribution >= 0.6 is 0 Å². The Hall–Kier alpha value is -3.02. The average molecular weight is 487 g/mol. The highest BCUT2D eigenvalue weighted by Crippen LogP contribution is 2.28. The van der Waals surface area contributed by atoms with Gasteiger partial charge in [0.15, 0.2) is 0 Å². The highest BCUT2D eigenvalue weighted by molar-refractivity contribution is 7.92. The van der Waals surface area contributed by atoms with Crippen molar-refractivity contribution < 1.29 is 8.42 Å². The first-order chi connectivity index (χ1) is 16.1. The van der Waals surface area contributed by atoms with Crippen molar-refractivity contribution in [2.75, 3.05) is 76.0 Å². The molecule has 2 aromatic carbocycles. The molecule has 11 heteroatoms. The number of nitrogens with one attached hydrogen (secondary N) is 3. The summed E-state index contributed by atoms with van der Waals surface area (Å²) in [6, 6.07) is 11.4. The molecule has 3 aromatic rings. The lowest BCUT2D eigenvalue weighted by Gasteiger charge is -2.14. The normalized spacial score (nSPS) is 11.9. The Morgan fingerprint density at radius 2 is 1.35 bits per heavy atom. The molecule has 34 heavy (non-hydrogen) atoms. The van der Waals surface area contributed by atoms with E-state index in [1.54, 1.807) is 6.07 Å². The van der Waals surface area contributed by atoms with Gasteiger partial charge >= 0.3 is 0 Å². The van der Waals surface area contributed by atoms with E-state index >= 15 is 0 Å². The van der Waals surface area contributed by atoms with Gasteiger partial charge in [-0.3, -0.25) is 4.72 Å². The monoisotopic (exact) mass is 486 g/mol. The molecule has 10 nitrogen and oxygen atoms in total. The molecule has 0 saturated heterocycles. The molecule has 0 saturated carbocycles. The van der Waals surface area contributed by atoms with Gasteiger partial charge in [0.25, 0.3) is 0 Å². The Balaban J connectivity index is 1.91. The molecule has 1 heterocycles. The molecular formula is C23H34N8O2S. The van der Waals surface area contributed by atoms with Crippen molar-refractivity contribution in [2.24, 2.45) is 0 Å². The molecule has 184 valence electrons. The predicted octanol–water partition coefficient (Wildman–Crippen LogP) is 1.93. The standard InChI is InChI=1S/C23H34N8O2S/c1-30(2)14-12-24-22-26-21(27-23(28-22)25-13-15-31(3)4)16-17-8-6-10-19-18(17)9-7-11-20(19)29-34(5,32)33/h6-11,29H,12-16H2,1-5H3,(H2,24,25,26,27,28). The fourth-order valence-electron chi connectivity index (χ4n) is 3.43. The van der Waals surface area contributed by atoms with Crippen molar-refractivity contribution in [3.05, 3.63) is 47.8 Å². The zero-order valence-corrected chi connectivity index (χ0v) is 21.3. The van der Waals surface area contributed by atoms with E-state index in [9.17, 15) is 8.42 Å². The van der Waals surface area contributed by atoms with Gasteiger partial charge in [0.1, 0.15) is 5.82 Å². The van der Waals surface area contributed by atoms with Crippen LogP contribution in [0.15, 0.2) is 36.4 Å². The maximum absolute atomic E-state index is 11.8. The highest BCUT2D eigenvalue weighted by atomic mass is 32.2.